The van der Waals surface area contributed by atoms with E-state index >= 15 is 0 Å². The van der Waals surface area contributed by atoms with Gasteiger partial charge in [0.2, 0.25) is 0 Å². The molecule has 1 aliphatic rings. The van der Waals surface area contributed by atoms with Crippen LogP contribution in [0, 0.1) is 17.8 Å². The fourth-order valence-corrected chi connectivity index (χ4v) is 3.19. The van der Waals surface area contributed by atoms with Crippen molar-refractivity contribution in [1.29, 1.82) is 0 Å². The van der Waals surface area contributed by atoms with Gasteiger partial charge in [0.15, 0.2) is 0 Å². The van der Waals surface area contributed by atoms with Crippen molar-refractivity contribution in [3.8, 4) is 0 Å². The van der Waals surface area contributed by atoms with Crippen molar-refractivity contribution >= 4 is 0 Å². The fraction of sp³-hybridized carbons (Fsp3) is 1.00. The second-order valence-corrected chi connectivity index (χ2v) is 7.00. The highest BCUT2D eigenvalue weighted by Crippen LogP contribution is 2.22. The summed E-state index contributed by atoms with van der Waals surface area (Å²) >= 11 is 0. The van der Waals surface area contributed by atoms with Crippen molar-refractivity contribution < 1.29 is 0 Å². The second kappa shape index (κ2) is 7.49. The van der Waals surface area contributed by atoms with E-state index in [0.717, 1.165) is 17.8 Å². The molecule has 1 N–H and O–H groups in total. The van der Waals surface area contributed by atoms with Crippen molar-refractivity contribution in [3.05, 3.63) is 0 Å². The van der Waals surface area contributed by atoms with Crippen LogP contribution in [0.5, 0.6) is 0 Å². The summed E-state index contributed by atoms with van der Waals surface area (Å²) < 4.78 is 0. The van der Waals surface area contributed by atoms with Gasteiger partial charge in [0, 0.05) is 18.6 Å². The first kappa shape index (κ1) is 16.0. The minimum Gasteiger partial charge on any atom is -0.312 e. The third-order valence-corrected chi connectivity index (χ3v) is 4.51. The van der Waals surface area contributed by atoms with Gasteiger partial charge in [-0.1, -0.05) is 27.7 Å². The molecule has 1 saturated heterocycles. The summed E-state index contributed by atoms with van der Waals surface area (Å²) in [7, 11) is 0. The van der Waals surface area contributed by atoms with E-state index in [9.17, 15) is 0 Å². The Kier molecular flexibility index (Phi) is 6.65. The molecule has 0 bridgehead atoms. The summed E-state index contributed by atoms with van der Waals surface area (Å²) in [4.78, 5) is 2.71. The molecule has 1 aliphatic heterocycles. The van der Waals surface area contributed by atoms with Crippen LogP contribution in [0.4, 0.5) is 0 Å². The molecule has 2 heteroatoms. The van der Waals surface area contributed by atoms with Crippen molar-refractivity contribution in [2.24, 2.45) is 17.8 Å². The van der Waals surface area contributed by atoms with Crippen LogP contribution < -0.4 is 5.32 Å². The van der Waals surface area contributed by atoms with Crippen molar-refractivity contribution in [2.45, 2.75) is 66.5 Å². The number of hydrogen-bond donors (Lipinski definition) is 1. The Labute approximate surface area is 115 Å². The maximum absolute atomic E-state index is 3.67. The van der Waals surface area contributed by atoms with E-state index in [-0.39, 0.29) is 0 Å². The Morgan fingerprint density at radius 1 is 0.944 bits per heavy atom. The summed E-state index contributed by atoms with van der Waals surface area (Å²) in [5, 5.41) is 3.67. The van der Waals surface area contributed by atoms with E-state index in [4.69, 9.17) is 0 Å². The zero-order valence-corrected chi connectivity index (χ0v) is 13.4. The molecule has 2 unspecified atom stereocenters. The zero-order valence-electron chi connectivity index (χ0n) is 13.4. The maximum Gasteiger partial charge on any atom is 0.00533 e. The standard InChI is InChI=1S/C16H34N2/c1-12(2)16(13(3)4)11-18-9-7-14(5)17-15(6)8-10-18/h12-17H,7-11H2,1-6H3. The van der Waals surface area contributed by atoms with E-state index in [1.807, 2.05) is 0 Å². The fourth-order valence-electron chi connectivity index (χ4n) is 3.19. The summed E-state index contributed by atoms with van der Waals surface area (Å²) in [6.45, 7) is 18.0. The predicted octanol–water partition coefficient (Wildman–Crippen LogP) is 3.38. The van der Waals surface area contributed by atoms with Gasteiger partial charge in [-0.15, -0.1) is 0 Å². The maximum atomic E-state index is 3.67. The number of nitrogens with one attached hydrogen (secondary N) is 1. The second-order valence-electron chi connectivity index (χ2n) is 7.00. The van der Waals surface area contributed by atoms with Crippen LogP contribution >= 0.6 is 0 Å². The SMILES string of the molecule is CC1CCN(CC(C(C)C)C(C)C)CCC(C)N1. The Morgan fingerprint density at radius 2 is 1.39 bits per heavy atom. The van der Waals surface area contributed by atoms with E-state index in [1.54, 1.807) is 0 Å². The molecule has 2 atom stereocenters. The average Bonchev–Trinajstić information content (AvgIpc) is 2.24. The molecular weight excluding hydrogens is 220 g/mol. The lowest BCUT2D eigenvalue weighted by Crippen LogP contribution is -2.45. The first-order valence-electron chi connectivity index (χ1n) is 7.88. The van der Waals surface area contributed by atoms with Gasteiger partial charge in [-0.05, 0) is 57.5 Å². The van der Waals surface area contributed by atoms with E-state index in [2.05, 4.69) is 51.8 Å². The van der Waals surface area contributed by atoms with Crippen LogP contribution in [0.1, 0.15) is 54.4 Å². The van der Waals surface area contributed by atoms with Crippen LogP contribution in [0.2, 0.25) is 0 Å². The van der Waals surface area contributed by atoms with Gasteiger partial charge in [-0.3, -0.25) is 0 Å². The number of rotatable bonds is 4. The minimum absolute atomic E-state index is 0.666. The smallest absolute Gasteiger partial charge is 0.00533 e. The molecule has 0 amide bonds. The van der Waals surface area contributed by atoms with E-state index < -0.39 is 0 Å². The lowest BCUT2D eigenvalue weighted by Gasteiger charge is -2.35. The Bertz CT molecular complexity index is 205. The number of hydrogen-bond acceptors (Lipinski definition) is 2. The summed E-state index contributed by atoms with van der Waals surface area (Å²) in [6, 6.07) is 1.33. The van der Waals surface area contributed by atoms with E-state index in [1.165, 1.54) is 32.5 Å². The molecule has 0 saturated carbocycles. The van der Waals surface area contributed by atoms with Crippen LogP contribution in [0.3, 0.4) is 0 Å². The summed E-state index contributed by atoms with van der Waals surface area (Å²) in [5.74, 6) is 2.43. The molecule has 1 rings (SSSR count). The molecule has 1 fully saturated rings. The van der Waals surface area contributed by atoms with Crippen molar-refractivity contribution in [1.82, 2.24) is 10.2 Å². The topological polar surface area (TPSA) is 15.3 Å². The van der Waals surface area contributed by atoms with Gasteiger partial charge in [0.25, 0.3) is 0 Å². The molecule has 108 valence electrons. The highest BCUT2D eigenvalue weighted by atomic mass is 15.1. The average molecular weight is 254 g/mol. The normalized spacial score (nSPS) is 27.8. The first-order chi connectivity index (χ1) is 8.40. The van der Waals surface area contributed by atoms with Gasteiger partial charge >= 0.3 is 0 Å². The molecule has 0 aromatic heterocycles. The van der Waals surface area contributed by atoms with Crippen molar-refractivity contribution in [2.75, 3.05) is 19.6 Å². The zero-order chi connectivity index (χ0) is 13.7. The third kappa shape index (κ3) is 5.27. The van der Waals surface area contributed by atoms with Crippen LogP contribution in [0.15, 0.2) is 0 Å². The lowest BCUT2D eigenvalue weighted by molar-refractivity contribution is 0.145. The molecule has 18 heavy (non-hydrogen) atoms. The predicted molar refractivity (Wildman–Crippen MR) is 80.9 cm³/mol. The minimum atomic E-state index is 0.666. The molecule has 0 aromatic carbocycles. The third-order valence-electron chi connectivity index (χ3n) is 4.51. The lowest BCUT2D eigenvalue weighted by atomic mass is 9.85. The molecule has 0 radical (unpaired) electrons. The number of nitrogens with zero attached hydrogens (tertiary/aromatic N) is 1. The van der Waals surface area contributed by atoms with Gasteiger partial charge < -0.3 is 10.2 Å². The Hall–Kier alpha value is -0.0800. The quantitative estimate of drug-likeness (QED) is 0.827. The van der Waals surface area contributed by atoms with E-state index in [0.29, 0.717) is 12.1 Å². The van der Waals surface area contributed by atoms with Crippen LogP contribution in [0.25, 0.3) is 0 Å². The molecular formula is C16H34N2. The Morgan fingerprint density at radius 3 is 1.78 bits per heavy atom. The van der Waals surface area contributed by atoms with Crippen molar-refractivity contribution in [3.63, 3.8) is 0 Å². The molecule has 1 heterocycles. The monoisotopic (exact) mass is 254 g/mol. The first-order valence-corrected chi connectivity index (χ1v) is 7.88. The van der Waals surface area contributed by atoms with Crippen LogP contribution in [-0.2, 0) is 0 Å². The highest BCUT2D eigenvalue weighted by Gasteiger charge is 2.22. The molecule has 0 spiro atoms. The molecule has 0 aliphatic carbocycles. The summed E-state index contributed by atoms with van der Waals surface area (Å²) in [5.41, 5.74) is 0. The van der Waals surface area contributed by atoms with Gasteiger partial charge in [-0.2, -0.15) is 0 Å². The molecule has 0 aromatic rings. The van der Waals surface area contributed by atoms with Gasteiger partial charge in [-0.25, -0.2) is 0 Å². The molecule has 2 nitrogen and oxygen atoms in total. The van der Waals surface area contributed by atoms with Gasteiger partial charge in [0.1, 0.15) is 0 Å². The summed E-state index contributed by atoms with van der Waals surface area (Å²) in [6.07, 6.45) is 2.57. The Balaban J connectivity index is 2.53. The van der Waals surface area contributed by atoms with Crippen LogP contribution in [-0.4, -0.2) is 36.6 Å². The highest BCUT2D eigenvalue weighted by molar-refractivity contribution is 4.78. The van der Waals surface area contributed by atoms with Gasteiger partial charge in [0.05, 0.1) is 0 Å². The largest absolute Gasteiger partial charge is 0.312 e.